The minimum Gasteiger partial charge on any atom is -0.378 e. The molecule has 1 saturated heterocycles. The van der Waals surface area contributed by atoms with Gasteiger partial charge in [0.05, 0.1) is 0 Å². The number of amides is 1. The Kier molecular flexibility index (Phi) is 3.51. The zero-order valence-corrected chi connectivity index (χ0v) is 8.86. The molecule has 1 fully saturated rings. The third-order valence-electron chi connectivity index (χ3n) is 2.12. The highest BCUT2D eigenvalue weighted by molar-refractivity contribution is 8.27. The molecule has 1 amide bonds. The number of rotatable bonds is 0. The van der Waals surface area contributed by atoms with Gasteiger partial charge >= 0.3 is 0 Å². The summed E-state index contributed by atoms with van der Waals surface area (Å²) in [5.41, 5.74) is 5.09. The van der Waals surface area contributed by atoms with Gasteiger partial charge in [-0.3, -0.25) is 15.6 Å². The molecule has 1 atom stereocenters. The molecule has 0 aromatic heterocycles. The van der Waals surface area contributed by atoms with Crippen LogP contribution in [0.4, 0.5) is 0 Å². The average molecular weight is 214 g/mol. The molecule has 0 aromatic rings. The summed E-state index contributed by atoms with van der Waals surface area (Å²) in [5.74, 6) is 0.198. The highest BCUT2D eigenvalue weighted by atomic mass is 32.2. The third-order valence-corrected chi connectivity index (χ3v) is 2.72. The number of carbonyl (C=O) groups excluding carboxylic acids is 1. The smallest absolute Gasteiger partial charge is 0.278 e. The fourth-order valence-corrected chi connectivity index (χ4v) is 1.85. The SMILES string of the molecule is CC1CCN(C(=O)C(=N)SC(=N)N)C1. The molecule has 0 aliphatic carbocycles. The molecular weight excluding hydrogens is 200 g/mol. The lowest BCUT2D eigenvalue weighted by molar-refractivity contribution is -0.123. The zero-order valence-electron chi connectivity index (χ0n) is 8.04. The summed E-state index contributed by atoms with van der Waals surface area (Å²) < 4.78 is 0. The Morgan fingerprint density at radius 3 is 2.64 bits per heavy atom. The summed E-state index contributed by atoms with van der Waals surface area (Å²) in [6, 6.07) is 0. The highest BCUT2D eigenvalue weighted by Gasteiger charge is 2.26. The minimum absolute atomic E-state index is 0.161. The summed E-state index contributed by atoms with van der Waals surface area (Å²) in [5, 5.41) is 14.0. The number of carbonyl (C=O) groups is 1. The van der Waals surface area contributed by atoms with Crippen molar-refractivity contribution in [3.8, 4) is 0 Å². The topological polar surface area (TPSA) is 94.0 Å². The monoisotopic (exact) mass is 214 g/mol. The molecule has 1 unspecified atom stereocenters. The highest BCUT2D eigenvalue weighted by Crippen LogP contribution is 2.16. The first kappa shape index (κ1) is 11.0. The van der Waals surface area contributed by atoms with Gasteiger partial charge in [-0.25, -0.2) is 0 Å². The Bertz CT molecular complexity index is 279. The van der Waals surface area contributed by atoms with Crippen LogP contribution in [0.25, 0.3) is 0 Å². The van der Waals surface area contributed by atoms with Gasteiger partial charge in [-0.1, -0.05) is 6.92 Å². The maximum atomic E-state index is 11.6. The molecule has 14 heavy (non-hydrogen) atoms. The van der Waals surface area contributed by atoms with E-state index in [0.29, 0.717) is 30.8 Å². The average Bonchev–Trinajstić information content (AvgIpc) is 2.49. The number of thioether (sulfide) groups is 1. The van der Waals surface area contributed by atoms with Gasteiger partial charge in [-0.05, 0) is 24.1 Å². The molecule has 0 spiro atoms. The van der Waals surface area contributed by atoms with Crippen molar-refractivity contribution in [2.75, 3.05) is 13.1 Å². The van der Waals surface area contributed by atoms with Crippen LogP contribution in [0.2, 0.25) is 0 Å². The van der Waals surface area contributed by atoms with Crippen molar-refractivity contribution in [1.82, 2.24) is 4.90 Å². The van der Waals surface area contributed by atoms with E-state index >= 15 is 0 Å². The summed E-state index contributed by atoms with van der Waals surface area (Å²) in [7, 11) is 0. The van der Waals surface area contributed by atoms with Crippen molar-refractivity contribution in [3.05, 3.63) is 0 Å². The first-order valence-electron chi connectivity index (χ1n) is 4.40. The number of nitrogens with zero attached hydrogens (tertiary/aromatic N) is 1. The standard InChI is InChI=1S/C8H14N4OS/c1-5-2-3-12(4-5)7(13)6(9)14-8(10)11/h5,9H,2-4H2,1H3,(H3,10,11). The van der Waals surface area contributed by atoms with E-state index in [2.05, 4.69) is 6.92 Å². The molecule has 0 radical (unpaired) electrons. The van der Waals surface area contributed by atoms with Crippen LogP contribution in [0.15, 0.2) is 0 Å². The van der Waals surface area contributed by atoms with Crippen LogP contribution in [0, 0.1) is 16.7 Å². The third kappa shape index (κ3) is 2.73. The van der Waals surface area contributed by atoms with E-state index in [0.717, 1.165) is 6.42 Å². The Hall–Kier alpha value is -1.04. The molecule has 0 saturated carbocycles. The lowest BCUT2D eigenvalue weighted by atomic mass is 10.2. The van der Waals surface area contributed by atoms with Crippen LogP contribution in [0.3, 0.4) is 0 Å². The van der Waals surface area contributed by atoms with Crippen molar-refractivity contribution in [2.24, 2.45) is 11.7 Å². The van der Waals surface area contributed by atoms with Crippen molar-refractivity contribution >= 4 is 27.9 Å². The van der Waals surface area contributed by atoms with E-state index in [4.69, 9.17) is 16.6 Å². The Balaban J connectivity index is 2.49. The summed E-state index contributed by atoms with van der Waals surface area (Å²) >= 11 is 0.704. The molecule has 1 aliphatic rings. The molecule has 1 heterocycles. The number of amidine groups is 1. The van der Waals surface area contributed by atoms with E-state index in [9.17, 15) is 4.79 Å². The van der Waals surface area contributed by atoms with Gasteiger partial charge in [-0.2, -0.15) is 0 Å². The maximum absolute atomic E-state index is 11.6. The quantitative estimate of drug-likeness (QED) is 0.404. The van der Waals surface area contributed by atoms with Crippen molar-refractivity contribution in [2.45, 2.75) is 13.3 Å². The normalized spacial score (nSPS) is 20.9. The number of nitrogens with two attached hydrogens (primary N) is 1. The van der Waals surface area contributed by atoms with E-state index in [1.807, 2.05) is 0 Å². The summed E-state index contributed by atoms with van der Waals surface area (Å²) in [4.78, 5) is 13.2. The van der Waals surface area contributed by atoms with Gasteiger partial charge in [0.2, 0.25) is 0 Å². The number of hydrogen-bond donors (Lipinski definition) is 3. The Morgan fingerprint density at radius 2 is 2.21 bits per heavy atom. The van der Waals surface area contributed by atoms with Gasteiger partial charge in [0.25, 0.3) is 5.91 Å². The van der Waals surface area contributed by atoms with Crippen LogP contribution in [-0.2, 0) is 4.79 Å². The lowest BCUT2D eigenvalue weighted by Gasteiger charge is -2.15. The summed E-state index contributed by atoms with van der Waals surface area (Å²) in [6.45, 7) is 3.50. The van der Waals surface area contributed by atoms with Gasteiger partial charge in [0.1, 0.15) is 0 Å². The fourth-order valence-electron chi connectivity index (χ4n) is 1.42. The van der Waals surface area contributed by atoms with Crippen LogP contribution in [-0.4, -0.2) is 34.1 Å². The molecule has 0 aromatic carbocycles. The van der Waals surface area contributed by atoms with Crippen LogP contribution in [0.5, 0.6) is 0 Å². The van der Waals surface area contributed by atoms with Crippen LogP contribution in [0.1, 0.15) is 13.3 Å². The molecule has 0 bridgehead atoms. The molecule has 5 nitrogen and oxygen atoms in total. The number of nitrogens with one attached hydrogen (secondary N) is 2. The van der Waals surface area contributed by atoms with Gasteiger partial charge in [0.15, 0.2) is 10.2 Å². The van der Waals surface area contributed by atoms with Crippen molar-refractivity contribution in [3.63, 3.8) is 0 Å². The second-order valence-electron chi connectivity index (χ2n) is 3.44. The van der Waals surface area contributed by atoms with Gasteiger partial charge in [0, 0.05) is 13.1 Å². The van der Waals surface area contributed by atoms with Crippen LogP contribution < -0.4 is 5.73 Å². The van der Waals surface area contributed by atoms with Crippen LogP contribution >= 0.6 is 11.8 Å². The molecule has 78 valence electrons. The number of likely N-dealkylation sites (tertiary alicyclic amines) is 1. The van der Waals surface area contributed by atoms with E-state index in [1.54, 1.807) is 4.90 Å². The predicted molar refractivity (Wildman–Crippen MR) is 57.6 cm³/mol. The van der Waals surface area contributed by atoms with Gasteiger partial charge in [-0.15, -0.1) is 0 Å². The maximum Gasteiger partial charge on any atom is 0.278 e. The van der Waals surface area contributed by atoms with E-state index in [1.165, 1.54) is 0 Å². The molecule has 4 N–H and O–H groups in total. The fraction of sp³-hybridized carbons (Fsp3) is 0.625. The lowest BCUT2D eigenvalue weighted by Crippen LogP contribution is -2.33. The van der Waals surface area contributed by atoms with E-state index in [-0.39, 0.29) is 16.1 Å². The van der Waals surface area contributed by atoms with Gasteiger partial charge < -0.3 is 10.6 Å². The zero-order chi connectivity index (χ0) is 10.7. The molecular formula is C8H14N4OS. The van der Waals surface area contributed by atoms with E-state index < -0.39 is 0 Å². The van der Waals surface area contributed by atoms with Crippen molar-refractivity contribution < 1.29 is 4.79 Å². The first-order chi connectivity index (χ1) is 6.50. The Morgan fingerprint density at radius 1 is 1.57 bits per heavy atom. The first-order valence-corrected chi connectivity index (χ1v) is 5.22. The molecule has 6 heteroatoms. The second kappa shape index (κ2) is 4.45. The Labute approximate surface area is 87.0 Å². The number of hydrogen-bond acceptors (Lipinski definition) is 4. The second-order valence-corrected chi connectivity index (χ2v) is 4.49. The molecule has 1 rings (SSSR count). The van der Waals surface area contributed by atoms with Crippen molar-refractivity contribution in [1.29, 1.82) is 10.8 Å². The predicted octanol–water partition coefficient (Wildman–Crippen LogP) is 0.459. The molecule has 1 aliphatic heterocycles. The summed E-state index contributed by atoms with van der Waals surface area (Å²) in [6.07, 6.45) is 0.990. The largest absolute Gasteiger partial charge is 0.378 e. The minimum atomic E-state index is -0.311.